The van der Waals surface area contributed by atoms with Crippen LogP contribution in [-0.4, -0.2) is 29.9 Å². The number of ether oxygens (including phenoxy) is 2. The van der Waals surface area contributed by atoms with Crippen molar-refractivity contribution in [3.8, 4) is 11.5 Å². The lowest BCUT2D eigenvalue weighted by molar-refractivity contribution is -0.384. The van der Waals surface area contributed by atoms with Crippen molar-refractivity contribution in [2.75, 3.05) is 12.0 Å². The molecule has 1 fully saturated rings. The van der Waals surface area contributed by atoms with Crippen molar-refractivity contribution in [3.63, 3.8) is 0 Å². The number of carbonyl (C=O) groups is 3. The number of halogens is 2. The molecule has 0 bridgehead atoms. The highest BCUT2D eigenvalue weighted by Crippen LogP contribution is 2.36. The fraction of sp³-hybridized carbons (Fsp3) is 0.0800. The Kier molecular flexibility index (Phi) is 7.55. The second kappa shape index (κ2) is 10.8. The van der Waals surface area contributed by atoms with Crippen LogP contribution in [0.1, 0.15) is 11.1 Å². The van der Waals surface area contributed by atoms with Gasteiger partial charge in [0.2, 0.25) is 0 Å². The van der Waals surface area contributed by atoms with Gasteiger partial charge in [-0.3, -0.25) is 25.0 Å². The highest BCUT2D eigenvalue weighted by atomic mass is 79.9. The quantitative estimate of drug-likeness (QED) is 0.173. The van der Waals surface area contributed by atoms with Gasteiger partial charge in [0, 0.05) is 21.6 Å². The van der Waals surface area contributed by atoms with Crippen LogP contribution in [-0.2, 0) is 16.2 Å². The Bertz CT molecular complexity index is 1460. The van der Waals surface area contributed by atoms with Gasteiger partial charge in [-0.1, -0.05) is 39.7 Å². The summed E-state index contributed by atoms with van der Waals surface area (Å²) in [7, 11) is 1.42. The van der Waals surface area contributed by atoms with Crippen LogP contribution in [0.25, 0.3) is 6.08 Å². The van der Waals surface area contributed by atoms with Gasteiger partial charge in [-0.2, -0.15) is 0 Å². The van der Waals surface area contributed by atoms with Crippen molar-refractivity contribution in [3.05, 3.63) is 97.0 Å². The molecule has 1 N–H and O–H groups in total. The molecule has 12 heteroatoms. The minimum absolute atomic E-state index is 0.0317. The number of imide groups is 2. The summed E-state index contributed by atoms with van der Waals surface area (Å²) in [5, 5.41) is 13.6. The number of methoxy groups -OCH3 is 1. The summed E-state index contributed by atoms with van der Waals surface area (Å²) in [5.74, 6) is -1.06. The third-order valence-corrected chi connectivity index (χ3v) is 6.22. The van der Waals surface area contributed by atoms with Crippen molar-refractivity contribution in [1.29, 1.82) is 0 Å². The van der Waals surface area contributed by atoms with Gasteiger partial charge < -0.3 is 9.47 Å². The number of anilines is 1. The van der Waals surface area contributed by atoms with E-state index in [0.717, 1.165) is 4.90 Å². The number of amides is 4. The number of benzene rings is 3. The summed E-state index contributed by atoms with van der Waals surface area (Å²) in [6.07, 6.45) is 1.32. The molecule has 1 heterocycles. The number of barbiturate groups is 1. The van der Waals surface area contributed by atoms with Gasteiger partial charge in [0.15, 0.2) is 11.5 Å². The number of urea groups is 1. The standard InChI is InChI=1S/C25H17BrClN3O7/c1-36-21-11-15(20(26)12-22(21)37-13-14-3-2-4-18(9-14)30(34)35)10-19-23(31)28-25(33)29(24(19)32)17-7-5-16(27)6-8-17/h2-12H,13H2,1H3,(H,28,31,33)/b19-10+. The minimum Gasteiger partial charge on any atom is -0.493 e. The first-order valence-corrected chi connectivity index (χ1v) is 11.8. The number of nitrogens with one attached hydrogen (secondary N) is 1. The zero-order valence-corrected chi connectivity index (χ0v) is 21.4. The maximum absolute atomic E-state index is 13.1. The van der Waals surface area contributed by atoms with Crippen LogP contribution in [0.15, 0.2) is 70.7 Å². The lowest BCUT2D eigenvalue weighted by Gasteiger charge is -2.26. The molecule has 3 aromatic rings. The van der Waals surface area contributed by atoms with Crippen molar-refractivity contribution >= 4 is 62.8 Å². The number of nitro groups is 1. The Hall–Kier alpha value is -4.22. The van der Waals surface area contributed by atoms with Crippen LogP contribution in [0.5, 0.6) is 11.5 Å². The first kappa shape index (κ1) is 25.9. The molecule has 1 aliphatic rings. The number of nitrogens with zero attached hydrogens (tertiary/aromatic N) is 2. The molecule has 0 unspecified atom stereocenters. The topological polar surface area (TPSA) is 128 Å². The molecule has 0 atom stereocenters. The Morgan fingerprint density at radius 1 is 1.08 bits per heavy atom. The average Bonchev–Trinajstić information content (AvgIpc) is 2.87. The van der Waals surface area contributed by atoms with E-state index < -0.39 is 22.8 Å². The molecule has 4 amide bonds. The van der Waals surface area contributed by atoms with Crippen LogP contribution in [0.3, 0.4) is 0 Å². The summed E-state index contributed by atoms with van der Waals surface area (Å²) >= 11 is 9.30. The zero-order chi connectivity index (χ0) is 26.7. The highest BCUT2D eigenvalue weighted by Gasteiger charge is 2.37. The second-order valence-electron chi connectivity index (χ2n) is 7.67. The summed E-state index contributed by atoms with van der Waals surface area (Å²) < 4.78 is 11.7. The van der Waals surface area contributed by atoms with E-state index in [1.165, 1.54) is 49.6 Å². The second-order valence-corrected chi connectivity index (χ2v) is 8.97. The predicted molar refractivity (Wildman–Crippen MR) is 139 cm³/mol. The Morgan fingerprint density at radius 3 is 2.49 bits per heavy atom. The molecule has 0 aliphatic carbocycles. The third kappa shape index (κ3) is 5.63. The van der Waals surface area contributed by atoms with E-state index in [-0.39, 0.29) is 29.3 Å². The van der Waals surface area contributed by atoms with Gasteiger partial charge in [0.05, 0.1) is 17.7 Å². The Morgan fingerprint density at radius 2 is 1.81 bits per heavy atom. The van der Waals surface area contributed by atoms with Crippen LogP contribution in [0, 0.1) is 10.1 Å². The average molecular weight is 587 g/mol. The summed E-state index contributed by atoms with van der Waals surface area (Å²) in [4.78, 5) is 49.4. The fourth-order valence-corrected chi connectivity index (χ4v) is 4.06. The van der Waals surface area contributed by atoms with Crippen LogP contribution < -0.4 is 19.7 Å². The van der Waals surface area contributed by atoms with Gasteiger partial charge >= 0.3 is 6.03 Å². The first-order valence-electron chi connectivity index (χ1n) is 10.6. The van der Waals surface area contributed by atoms with Crippen LogP contribution in [0.4, 0.5) is 16.2 Å². The molecule has 0 radical (unpaired) electrons. The summed E-state index contributed by atoms with van der Waals surface area (Å²) in [6, 6.07) is 14.3. The maximum atomic E-state index is 13.1. The molecule has 3 aromatic carbocycles. The van der Waals surface area contributed by atoms with Crippen LogP contribution in [0.2, 0.25) is 5.02 Å². The SMILES string of the molecule is COc1cc(/C=C2\C(=O)NC(=O)N(c3ccc(Cl)cc3)C2=O)c(Br)cc1OCc1cccc([N+](=O)[O-])c1. The molecule has 188 valence electrons. The van der Waals surface area contributed by atoms with Gasteiger partial charge in [-0.15, -0.1) is 0 Å². The number of nitro benzene ring substituents is 1. The number of non-ortho nitro benzene ring substituents is 1. The monoisotopic (exact) mass is 585 g/mol. The van der Waals surface area contributed by atoms with E-state index in [4.69, 9.17) is 21.1 Å². The third-order valence-electron chi connectivity index (χ3n) is 5.29. The molecule has 37 heavy (non-hydrogen) atoms. The molecule has 1 saturated heterocycles. The largest absolute Gasteiger partial charge is 0.493 e. The summed E-state index contributed by atoms with van der Waals surface area (Å²) in [6.45, 7) is 0.0317. The minimum atomic E-state index is -0.879. The van der Waals surface area contributed by atoms with Gasteiger partial charge in [-0.25, -0.2) is 9.69 Å². The molecular formula is C25H17BrClN3O7. The molecule has 0 spiro atoms. The molecule has 0 aromatic heterocycles. The van der Waals surface area contributed by atoms with E-state index >= 15 is 0 Å². The van der Waals surface area contributed by atoms with Gasteiger partial charge in [0.25, 0.3) is 17.5 Å². The Balaban J connectivity index is 1.62. The van der Waals surface area contributed by atoms with E-state index in [2.05, 4.69) is 21.2 Å². The fourth-order valence-electron chi connectivity index (χ4n) is 3.49. The molecular weight excluding hydrogens is 570 g/mol. The van der Waals surface area contributed by atoms with E-state index in [1.54, 1.807) is 24.3 Å². The molecule has 0 saturated carbocycles. The lowest BCUT2D eigenvalue weighted by Crippen LogP contribution is -2.54. The number of hydrogen-bond acceptors (Lipinski definition) is 7. The molecule has 1 aliphatic heterocycles. The number of rotatable bonds is 7. The Labute approximate surface area is 223 Å². The summed E-state index contributed by atoms with van der Waals surface area (Å²) in [5.41, 5.74) is 0.894. The smallest absolute Gasteiger partial charge is 0.335 e. The first-order chi connectivity index (χ1) is 17.7. The van der Waals surface area contributed by atoms with Gasteiger partial charge in [-0.05, 0) is 53.6 Å². The van der Waals surface area contributed by atoms with E-state index in [9.17, 15) is 24.5 Å². The lowest BCUT2D eigenvalue weighted by atomic mass is 10.1. The normalized spacial score (nSPS) is 14.5. The van der Waals surface area contributed by atoms with Gasteiger partial charge in [0.1, 0.15) is 12.2 Å². The van der Waals surface area contributed by atoms with E-state index in [0.29, 0.717) is 26.4 Å². The maximum Gasteiger partial charge on any atom is 0.335 e. The van der Waals surface area contributed by atoms with Crippen molar-refractivity contribution in [2.45, 2.75) is 6.61 Å². The van der Waals surface area contributed by atoms with Crippen molar-refractivity contribution in [1.82, 2.24) is 5.32 Å². The number of carbonyl (C=O) groups excluding carboxylic acids is 3. The van der Waals surface area contributed by atoms with E-state index in [1.807, 2.05) is 0 Å². The predicted octanol–water partition coefficient (Wildman–Crippen LogP) is 5.26. The van der Waals surface area contributed by atoms with Crippen molar-refractivity contribution < 1.29 is 28.8 Å². The van der Waals surface area contributed by atoms with Crippen LogP contribution >= 0.6 is 27.5 Å². The van der Waals surface area contributed by atoms with Crippen molar-refractivity contribution in [2.24, 2.45) is 0 Å². The zero-order valence-electron chi connectivity index (χ0n) is 19.1. The molecule has 10 nitrogen and oxygen atoms in total. The highest BCUT2D eigenvalue weighted by molar-refractivity contribution is 9.10. The molecule has 4 rings (SSSR count). The number of hydrogen-bond donors (Lipinski definition) is 1.